The van der Waals surface area contributed by atoms with E-state index in [1.54, 1.807) is 13.0 Å². The van der Waals surface area contributed by atoms with Gasteiger partial charge in [-0.05, 0) is 6.92 Å². The minimum absolute atomic E-state index is 0.333. The summed E-state index contributed by atoms with van der Waals surface area (Å²) < 4.78 is 9.72. The number of furan rings is 1. The van der Waals surface area contributed by atoms with Crippen LogP contribution in [-0.4, -0.2) is 17.7 Å². The number of carboxylic acids is 1. The van der Waals surface area contributed by atoms with Crippen molar-refractivity contribution < 1.29 is 19.1 Å². The van der Waals surface area contributed by atoms with Gasteiger partial charge in [-0.15, -0.1) is 0 Å². The molecule has 0 spiro atoms. The van der Waals surface area contributed by atoms with E-state index in [4.69, 9.17) is 14.3 Å². The first kappa shape index (κ1) is 7.65. The number of rotatable bonds is 3. The number of carbonyl (C=O) groups is 1. The van der Waals surface area contributed by atoms with Crippen molar-refractivity contribution in [2.75, 3.05) is 6.61 Å². The molecule has 1 rings (SSSR count). The molecule has 1 N–H and O–H groups in total. The third-order valence-corrected chi connectivity index (χ3v) is 1.16. The van der Waals surface area contributed by atoms with Crippen molar-refractivity contribution in [1.82, 2.24) is 0 Å². The maximum atomic E-state index is 10.1. The molecule has 0 atom stereocenters. The summed E-state index contributed by atoms with van der Waals surface area (Å²) in [4.78, 5) is 10.1. The van der Waals surface area contributed by atoms with E-state index >= 15 is 0 Å². The largest absolute Gasteiger partial charge is 0.479 e. The highest BCUT2D eigenvalue weighted by Crippen LogP contribution is 2.17. The van der Waals surface area contributed by atoms with E-state index in [0.717, 1.165) is 0 Å². The Labute approximate surface area is 63.4 Å². The van der Waals surface area contributed by atoms with Gasteiger partial charge in [0.05, 0.1) is 6.26 Å². The molecule has 0 saturated heterocycles. The van der Waals surface area contributed by atoms with Gasteiger partial charge in [-0.25, -0.2) is 4.79 Å². The highest BCUT2D eigenvalue weighted by Gasteiger charge is 2.03. The summed E-state index contributed by atoms with van der Waals surface area (Å²) in [6, 6.07) is 1.58. The van der Waals surface area contributed by atoms with Gasteiger partial charge >= 0.3 is 5.97 Å². The molecule has 0 radical (unpaired) electrons. The molecule has 1 aromatic heterocycles. The zero-order chi connectivity index (χ0) is 8.27. The molecule has 0 unspecified atom stereocenters. The van der Waals surface area contributed by atoms with Crippen LogP contribution in [0.1, 0.15) is 5.76 Å². The van der Waals surface area contributed by atoms with E-state index in [1.165, 1.54) is 6.26 Å². The molecule has 0 aliphatic heterocycles. The molecule has 0 aromatic carbocycles. The average molecular weight is 156 g/mol. The van der Waals surface area contributed by atoms with Crippen molar-refractivity contribution in [1.29, 1.82) is 0 Å². The zero-order valence-electron chi connectivity index (χ0n) is 6.03. The monoisotopic (exact) mass is 156 g/mol. The number of ether oxygens (including phenoxy) is 1. The fourth-order valence-corrected chi connectivity index (χ4v) is 0.663. The van der Waals surface area contributed by atoms with E-state index in [-0.39, 0.29) is 6.61 Å². The maximum absolute atomic E-state index is 10.1. The highest BCUT2D eigenvalue weighted by molar-refractivity contribution is 5.68. The van der Waals surface area contributed by atoms with Gasteiger partial charge in [-0.3, -0.25) is 0 Å². The van der Waals surface area contributed by atoms with Crippen LogP contribution in [0.3, 0.4) is 0 Å². The summed E-state index contributed by atoms with van der Waals surface area (Å²) in [6.45, 7) is 1.37. The van der Waals surface area contributed by atoms with Crippen molar-refractivity contribution in [2.24, 2.45) is 0 Å². The van der Waals surface area contributed by atoms with E-state index in [9.17, 15) is 4.79 Å². The van der Waals surface area contributed by atoms with Crippen LogP contribution >= 0.6 is 0 Å². The molecule has 0 bridgehead atoms. The van der Waals surface area contributed by atoms with Crippen LogP contribution in [0, 0.1) is 6.92 Å². The average Bonchev–Trinajstić information content (AvgIpc) is 2.31. The minimum Gasteiger partial charge on any atom is -0.479 e. The molecule has 1 heterocycles. The number of aryl methyl sites for hydroxylation is 1. The predicted octanol–water partition coefficient (Wildman–Crippen LogP) is 1.05. The maximum Gasteiger partial charge on any atom is 0.341 e. The van der Waals surface area contributed by atoms with Crippen LogP contribution in [0.2, 0.25) is 0 Å². The standard InChI is InChI=1S/C7H8O4/c1-5-6(2-3-10-5)11-4-7(8)9/h2-3H,4H2,1H3,(H,8,9). The van der Waals surface area contributed by atoms with Gasteiger partial charge in [0.2, 0.25) is 0 Å². The van der Waals surface area contributed by atoms with Crippen molar-refractivity contribution in [3.8, 4) is 5.75 Å². The van der Waals surface area contributed by atoms with E-state index in [0.29, 0.717) is 11.5 Å². The van der Waals surface area contributed by atoms with Gasteiger partial charge in [-0.1, -0.05) is 0 Å². The first-order valence-corrected chi connectivity index (χ1v) is 3.09. The van der Waals surface area contributed by atoms with Crippen molar-refractivity contribution in [3.63, 3.8) is 0 Å². The second kappa shape index (κ2) is 3.09. The summed E-state index contributed by atoms with van der Waals surface area (Å²) in [6.07, 6.45) is 1.45. The van der Waals surface area contributed by atoms with Crippen molar-refractivity contribution >= 4 is 5.97 Å². The van der Waals surface area contributed by atoms with Crippen LogP contribution in [0.4, 0.5) is 0 Å². The lowest BCUT2D eigenvalue weighted by Gasteiger charge is -1.98. The van der Waals surface area contributed by atoms with Crippen LogP contribution in [0.5, 0.6) is 5.75 Å². The summed E-state index contributed by atoms with van der Waals surface area (Å²) in [5, 5.41) is 8.25. The molecule has 4 nitrogen and oxygen atoms in total. The first-order chi connectivity index (χ1) is 5.20. The van der Waals surface area contributed by atoms with Gasteiger partial charge in [0.1, 0.15) is 5.76 Å². The van der Waals surface area contributed by atoms with Crippen LogP contribution < -0.4 is 4.74 Å². The molecular formula is C7H8O4. The number of carboxylic acid groups (broad SMARTS) is 1. The van der Waals surface area contributed by atoms with Crippen LogP contribution in [0.25, 0.3) is 0 Å². The van der Waals surface area contributed by atoms with Crippen LogP contribution in [-0.2, 0) is 4.79 Å². The second-order valence-corrected chi connectivity index (χ2v) is 2.02. The summed E-state index contributed by atoms with van der Waals surface area (Å²) >= 11 is 0. The Morgan fingerprint density at radius 1 is 1.82 bits per heavy atom. The summed E-state index contributed by atoms with van der Waals surface area (Å²) in [5.41, 5.74) is 0. The normalized spacial score (nSPS) is 9.55. The van der Waals surface area contributed by atoms with Gasteiger partial charge in [-0.2, -0.15) is 0 Å². The molecule has 60 valence electrons. The third-order valence-electron chi connectivity index (χ3n) is 1.16. The number of hydrogen-bond donors (Lipinski definition) is 1. The summed E-state index contributed by atoms with van der Waals surface area (Å²) in [7, 11) is 0. The molecule has 0 fully saturated rings. The Balaban J connectivity index is 2.51. The number of aliphatic carboxylic acids is 1. The lowest BCUT2D eigenvalue weighted by Crippen LogP contribution is -2.09. The molecule has 1 aromatic rings. The fraction of sp³-hybridized carbons (Fsp3) is 0.286. The lowest BCUT2D eigenvalue weighted by atomic mass is 10.4. The Kier molecular flexibility index (Phi) is 2.15. The van der Waals surface area contributed by atoms with Crippen molar-refractivity contribution in [2.45, 2.75) is 6.92 Å². The predicted molar refractivity (Wildman–Crippen MR) is 36.6 cm³/mol. The SMILES string of the molecule is Cc1occc1OCC(=O)O. The van der Waals surface area contributed by atoms with E-state index < -0.39 is 5.97 Å². The minimum atomic E-state index is -0.995. The van der Waals surface area contributed by atoms with Crippen molar-refractivity contribution in [3.05, 3.63) is 18.1 Å². The molecule has 0 aliphatic rings. The first-order valence-electron chi connectivity index (χ1n) is 3.09. The Morgan fingerprint density at radius 2 is 2.55 bits per heavy atom. The quantitative estimate of drug-likeness (QED) is 0.710. The third kappa shape index (κ3) is 2.00. The summed E-state index contributed by atoms with van der Waals surface area (Å²) in [5.74, 6) is 0.0734. The molecule has 0 saturated carbocycles. The molecule has 0 aliphatic carbocycles. The van der Waals surface area contributed by atoms with E-state index in [1.807, 2.05) is 0 Å². The number of hydrogen-bond acceptors (Lipinski definition) is 3. The van der Waals surface area contributed by atoms with Gasteiger partial charge in [0, 0.05) is 6.07 Å². The molecule has 11 heavy (non-hydrogen) atoms. The Morgan fingerprint density at radius 3 is 3.00 bits per heavy atom. The molecular weight excluding hydrogens is 148 g/mol. The lowest BCUT2D eigenvalue weighted by molar-refractivity contribution is -0.139. The topological polar surface area (TPSA) is 59.7 Å². The second-order valence-electron chi connectivity index (χ2n) is 2.02. The Bertz CT molecular complexity index is 251. The van der Waals surface area contributed by atoms with Gasteiger partial charge in [0.15, 0.2) is 12.4 Å². The van der Waals surface area contributed by atoms with Gasteiger partial charge < -0.3 is 14.3 Å². The fourth-order valence-electron chi connectivity index (χ4n) is 0.663. The Hall–Kier alpha value is -1.45. The van der Waals surface area contributed by atoms with E-state index in [2.05, 4.69) is 0 Å². The van der Waals surface area contributed by atoms with Crippen LogP contribution in [0.15, 0.2) is 16.7 Å². The smallest absolute Gasteiger partial charge is 0.341 e. The zero-order valence-corrected chi connectivity index (χ0v) is 6.03. The molecule has 4 heteroatoms. The molecule has 0 amide bonds. The van der Waals surface area contributed by atoms with Gasteiger partial charge in [0.25, 0.3) is 0 Å². The highest BCUT2D eigenvalue weighted by atomic mass is 16.5.